The molecular formula is C15H15N3OSSi. The smallest absolute Gasteiger partial charge is 0.249 e. The lowest BCUT2D eigenvalue weighted by Crippen LogP contribution is -2.41. The maximum Gasteiger partial charge on any atom is 0.249 e. The Hall–Kier alpha value is -2.01. The first-order chi connectivity index (χ1) is 10.0. The van der Waals surface area contributed by atoms with Crippen molar-refractivity contribution in [2.75, 3.05) is 0 Å². The summed E-state index contributed by atoms with van der Waals surface area (Å²) in [5.41, 5.74) is 8.98. The van der Waals surface area contributed by atoms with Crippen LogP contribution >= 0.6 is 11.2 Å². The van der Waals surface area contributed by atoms with Crippen molar-refractivity contribution >= 4 is 29.5 Å². The van der Waals surface area contributed by atoms with Gasteiger partial charge in [-0.2, -0.15) is 0 Å². The van der Waals surface area contributed by atoms with Crippen LogP contribution in [0.4, 0.5) is 0 Å². The molecule has 0 bridgehead atoms. The van der Waals surface area contributed by atoms with Crippen molar-refractivity contribution in [2.45, 2.75) is 18.0 Å². The van der Waals surface area contributed by atoms with Crippen molar-refractivity contribution in [1.29, 1.82) is 0 Å². The van der Waals surface area contributed by atoms with Crippen molar-refractivity contribution in [1.82, 2.24) is 0 Å². The van der Waals surface area contributed by atoms with E-state index in [9.17, 15) is 4.79 Å². The molecule has 0 radical (unpaired) electrons. The molecule has 1 amide bonds. The molecule has 0 fully saturated rings. The molecule has 2 rings (SSSR count). The largest absolute Gasteiger partial charge is 0.287 e. The number of carbonyl (C=O) groups is 1. The summed E-state index contributed by atoms with van der Waals surface area (Å²) in [6, 6.07) is 17.5. The minimum atomic E-state index is -1.94. The van der Waals surface area contributed by atoms with E-state index in [0.717, 1.165) is 5.19 Å². The van der Waals surface area contributed by atoms with Gasteiger partial charge < -0.3 is 0 Å². The molecule has 2 aromatic rings. The Kier molecular flexibility index (Phi) is 4.85. The molecule has 4 nitrogen and oxygen atoms in total. The molecule has 106 valence electrons. The van der Waals surface area contributed by atoms with Gasteiger partial charge >= 0.3 is 0 Å². The van der Waals surface area contributed by atoms with Gasteiger partial charge in [0.05, 0.1) is 0 Å². The maximum absolute atomic E-state index is 12.0. The fourth-order valence-corrected chi connectivity index (χ4v) is 7.50. The summed E-state index contributed by atoms with van der Waals surface area (Å²) in [6.07, 6.45) is 0. The van der Waals surface area contributed by atoms with Gasteiger partial charge in [0.2, 0.25) is 5.91 Å². The minimum Gasteiger partial charge on any atom is -0.287 e. The molecule has 0 saturated heterocycles. The van der Waals surface area contributed by atoms with E-state index in [-0.39, 0.29) is 0 Å². The fraction of sp³-hybridized carbons (Fsp3) is 0.133. The van der Waals surface area contributed by atoms with E-state index in [4.69, 9.17) is 5.53 Å². The highest BCUT2D eigenvalue weighted by Gasteiger charge is 2.29. The van der Waals surface area contributed by atoms with Crippen molar-refractivity contribution in [3.05, 3.63) is 70.6 Å². The zero-order valence-electron chi connectivity index (χ0n) is 11.9. The lowest BCUT2D eigenvalue weighted by Gasteiger charge is -2.24. The van der Waals surface area contributed by atoms with Crippen molar-refractivity contribution < 1.29 is 4.79 Å². The normalized spacial score (nSPS) is 10.8. The third kappa shape index (κ3) is 3.76. The topological polar surface area (TPSA) is 65.8 Å². The molecule has 0 spiro atoms. The van der Waals surface area contributed by atoms with Crippen LogP contribution < -0.4 is 5.19 Å². The molecule has 0 aliphatic rings. The molecule has 0 heterocycles. The first kappa shape index (κ1) is 15.4. The molecular weight excluding hydrogens is 298 g/mol. The number of benzene rings is 2. The van der Waals surface area contributed by atoms with E-state index in [1.807, 2.05) is 30.3 Å². The van der Waals surface area contributed by atoms with E-state index in [0.29, 0.717) is 5.56 Å². The predicted molar refractivity (Wildman–Crippen MR) is 89.3 cm³/mol. The number of hydrogen-bond acceptors (Lipinski definition) is 2. The van der Waals surface area contributed by atoms with Crippen LogP contribution in [0.15, 0.2) is 64.6 Å². The highest BCUT2D eigenvalue weighted by Crippen LogP contribution is 2.29. The highest BCUT2D eigenvalue weighted by molar-refractivity contribution is 8.30. The molecule has 0 unspecified atom stereocenters. The van der Waals surface area contributed by atoms with Crippen molar-refractivity contribution in [2.24, 2.45) is 5.11 Å². The van der Waals surface area contributed by atoms with Gasteiger partial charge in [-0.3, -0.25) is 4.79 Å². The number of amides is 1. The third-order valence-electron chi connectivity index (χ3n) is 3.06. The third-order valence-corrected chi connectivity index (χ3v) is 8.71. The summed E-state index contributed by atoms with van der Waals surface area (Å²) in [6.45, 7) is 4.37. The first-order valence-corrected chi connectivity index (χ1v) is 11.0. The molecule has 0 N–H and O–H groups in total. The zero-order chi connectivity index (χ0) is 15.3. The van der Waals surface area contributed by atoms with Crippen molar-refractivity contribution in [3.63, 3.8) is 0 Å². The van der Waals surface area contributed by atoms with Crippen molar-refractivity contribution in [3.8, 4) is 0 Å². The lowest BCUT2D eigenvalue weighted by atomic mass is 10.2. The highest BCUT2D eigenvalue weighted by atomic mass is 32.4. The quantitative estimate of drug-likeness (QED) is 0.365. The second-order valence-corrected chi connectivity index (χ2v) is 12.9. The van der Waals surface area contributed by atoms with Crippen LogP contribution in [0.25, 0.3) is 10.4 Å². The fourth-order valence-electron chi connectivity index (χ4n) is 2.13. The molecule has 0 aliphatic carbocycles. The van der Waals surface area contributed by atoms with Gasteiger partial charge in [0.15, 0.2) is 0 Å². The van der Waals surface area contributed by atoms with Gasteiger partial charge in [-0.25, -0.2) is 0 Å². The Morgan fingerprint density at radius 1 is 1.10 bits per heavy atom. The van der Waals surface area contributed by atoms with Gasteiger partial charge in [-0.05, 0) is 28.0 Å². The monoisotopic (exact) mass is 313 g/mol. The molecule has 0 aromatic heterocycles. The number of rotatable bonds is 4. The van der Waals surface area contributed by atoms with Gasteiger partial charge in [-0.15, -0.1) is 11.2 Å². The SMILES string of the molecule is C[Si](C)(Sc1ccccc1)c1ccccc1C(=O)N=[N+]=[N-]. The van der Waals surface area contributed by atoms with Crippen LogP contribution in [-0.4, -0.2) is 13.1 Å². The summed E-state index contributed by atoms with van der Waals surface area (Å²) >= 11 is 1.80. The van der Waals surface area contributed by atoms with E-state index in [1.54, 1.807) is 23.3 Å². The maximum atomic E-state index is 12.0. The van der Waals surface area contributed by atoms with Crippen LogP contribution in [0.2, 0.25) is 13.1 Å². The number of azide groups is 1. The Bertz CT molecular complexity index is 697. The van der Waals surface area contributed by atoms with Gasteiger partial charge in [-0.1, -0.05) is 55.6 Å². The Morgan fingerprint density at radius 3 is 2.38 bits per heavy atom. The zero-order valence-corrected chi connectivity index (χ0v) is 13.7. The van der Waals surface area contributed by atoms with Gasteiger partial charge in [0, 0.05) is 15.4 Å². The van der Waals surface area contributed by atoms with Crippen LogP contribution in [0, 0.1) is 0 Å². The summed E-state index contributed by atoms with van der Waals surface area (Å²) in [4.78, 5) is 15.7. The molecule has 21 heavy (non-hydrogen) atoms. The van der Waals surface area contributed by atoms with Crippen LogP contribution in [0.1, 0.15) is 10.4 Å². The van der Waals surface area contributed by atoms with Crippen LogP contribution in [0.3, 0.4) is 0 Å². The molecule has 6 heteroatoms. The average Bonchev–Trinajstić information content (AvgIpc) is 2.48. The second kappa shape index (κ2) is 6.63. The van der Waals surface area contributed by atoms with Gasteiger partial charge in [0.25, 0.3) is 0 Å². The molecule has 0 atom stereocenters. The summed E-state index contributed by atoms with van der Waals surface area (Å²) in [7, 11) is -1.94. The van der Waals surface area contributed by atoms with Crippen LogP contribution in [-0.2, 0) is 0 Å². The number of hydrogen-bond donors (Lipinski definition) is 0. The minimum absolute atomic E-state index is 0.510. The molecule has 2 aromatic carbocycles. The summed E-state index contributed by atoms with van der Waals surface area (Å²) in [5.74, 6) is -0.512. The summed E-state index contributed by atoms with van der Waals surface area (Å²) < 4.78 is 0. The molecule has 0 saturated carbocycles. The van der Waals surface area contributed by atoms with E-state index < -0.39 is 13.1 Å². The van der Waals surface area contributed by atoms with E-state index in [1.165, 1.54) is 4.90 Å². The Labute approximate surface area is 128 Å². The Morgan fingerprint density at radius 2 is 1.71 bits per heavy atom. The summed E-state index contributed by atoms with van der Waals surface area (Å²) in [5, 5.41) is 4.23. The van der Waals surface area contributed by atoms with Crippen LogP contribution in [0.5, 0.6) is 0 Å². The second-order valence-electron chi connectivity index (χ2n) is 4.97. The number of nitrogens with zero attached hydrogens (tertiary/aromatic N) is 3. The molecule has 0 aliphatic heterocycles. The Balaban J connectivity index is 2.40. The first-order valence-electron chi connectivity index (χ1n) is 6.47. The predicted octanol–water partition coefficient (Wildman–Crippen LogP) is 4.34. The van der Waals surface area contributed by atoms with E-state index in [2.05, 4.69) is 35.3 Å². The lowest BCUT2D eigenvalue weighted by molar-refractivity contribution is 0.100. The average molecular weight is 313 g/mol. The standard InChI is InChI=1S/C15H15N3OSSi/c1-21(2,20-12-8-4-3-5-9-12)14-11-7-6-10-13(14)15(19)17-18-16/h3-11H,1-2H3. The van der Waals surface area contributed by atoms with E-state index >= 15 is 0 Å². The number of carbonyl (C=O) groups excluding carboxylic acids is 1. The van der Waals surface area contributed by atoms with Gasteiger partial charge in [0.1, 0.15) is 7.22 Å².